The van der Waals surface area contributed by atoms with E-state index in [1.165, 1.54) is 0 Å². The molecule has 0 unspecified atom stereocenters. The van der Waals surface area contributed by atoms with Crippen molar-refractivity contribution in [3.05, 3.63) is 60.4 Å². The second kappa shape index (κ2) is 6.69. The van der Waals surface area contributed by atoms with Crippen LogP contribution in [0.2, 0.25) is 0 Å². The molecule has 1 fully saturated rings. The van der Waals surface area contributed by atoms with Gasteiger partial charge in [-0.1, -0.05) is 12.1 Å². The van der Waals surface area contributed by atoms with Crippen molar-refractivity contribution in [3.8, 4) is 5.69 Å². The number of carbonyl (C=O) groups excluding carboxylic acids is 1. The van der Waals surface area contributed by atoms with Crippen LogP contribution < -0.4 is 5.73 Å². The molecule has 0 saturated carbocycles. The summed E-state index contributed by atoms with van der Waals surface area (Å²) in [6.07, 6.45) is 3.82. The Morgan fingerprint density at radius 1 is 1.08 bits per heavy atom. The van der Waals surface area contributed by atoms with E-state index in [4.69, 9.17) is 5.73 Å². The first-order valence-corrected chi connectivity index (χ1v) is 8.78. The number of hydrogen-bond donors (Lipinski definition) is 1. The van der Waals surface area contributed by atoms with Crippen LogP contribution in [0.15, 0.2) is 54.9 Å². The summed E-state index contributed by atoms with van der Waals surface area (Å²) < 4.78 is 2.04. The van der Waals surface area contributed by atoms with Crippen molar-refractivity contribution >= 4 is 16.9 Å². The van der Waals surface area contributed by atoms with Crippen molar-refractivity contribution in [1.82, 2.24) is 14.5 Å². The Bertz CT molecular complexity index is 876. The molecule has 2 N–H and O–H groups in total. The van der Waals surface area contributed by atoms with E-state index in [1.54, 1.807) is 0 Å². The fourth-order valence-corrected chi connectivity index (χ4v) is 3.48. The number of imidazole rings is 1. The number of hydrogen-bond acceptors (Lipinski definition) is 3. The number of likely N-dealkylation sites (tertiary alicyclic amines) is 1. The molecule has 1 aliphatic rings. The van der Waals surface area contributed by atoms with Gasteiger partial charge < -0.3 is 10.6 Å². The maximum Gasteiger partial charge on any atom is 0.253 e. The van der Waals surface area contributed by atoms with Gasteiger partial charge in [-0.15, -0.1) is 0 Å². The number of nitrogens with zero attached hydrogens (tertiary/aromatic N) is 3. The SMILES string of the molecule is NCC1CCN(C(=O)c2ccc(-n3cnc4ccccc43)cc2)CC1. The first-order chi connectivity index (χ1) is 12.3. The van der Waals surface area contributed by atoms with Crippen molar-refractivity contribution in [3.63, 3.8) is 0 Å². The molecule has 1 amide bonds. The van der Waals surface area contributed by atoms with Crippen LogP contribution in [-0.2, 0) is 0 Å². The maximum atomic E-state index is 12.7. The van der Waals surface area contributed by atoms with E-state index < -0.39 is 0 Å². The van der Waals surface area contributed by atoms with Crippen LogP contribution in [0.5, 0.6) is 0 Å². The second-order valence-corrected chi connectivity index (χ2v) is 6.62. The highest BCUT2D eigenvalue weighted by Crippen LogP contribution is 2.21. The Morgan fingerprint density at radius 3 is 2.52 bits per heavy atom. The smallest absolute Gasteiger partial charge is 0.253 e. The molecule has 0 radical (unpaired) electrons. The third kappa shape index (κ3) is 3.03. The summed E-state index contributed by atoms with van der Waals surface area (Å²) in [5.74, 6) is 0.665. The first kappa shape index (κ1) is 15.8. The quantitative estimate of drug-likeness (QED) is 0.801. The normalized spacial score (nSPS) is 15.6. The molecule has 5 heteroatoms. The number of benzene rings is 2. The van der Waals surface area contributed by atoms with E-state index in [0.717, 1.165) is 54.8 Å². The van der Waals surface area contributed by atoms with Crippen molar-refractivity contribution in [2.24, 2.45) is 11.7 Å². The second-order valence-electron chi connectivity index (χ2n) is 6.62. The third-order valence-corrected chi connectivity index (χ3v) is 5.08. The highest BCUT2D eigenvalue weighted by atomic mass is 16.2. The van der Waals surface area contributed by atoms with Gasteiger partial charge in [0.15, 0.2) is 0 Å². The molecule has 128 valence electrons. The van der Waals surface area contributed by atoms with Gasteiger partial charge >= 0.3 is 0 Å². The zero-order valence-corrected chi connectivity index (χ0v) is 14.1. The zero-order valence-electron chi connectivity index (χ0n) is 14.1. The molecule has 2 heterocycles. The number of piperidine rings is 1. The van der Waals surface area contributed by atoms with Gasteiger partial charge in [-0.05, 0) is 61.7 Å². The number of rotatable bonds is 3. The summed E-state index contributed by atoms with van der Waals surface area (Å²) in [7, 11) is 0. The van der Waals surface area contributed by atoms with E-state index in [-0.39, 0.29) is 5.91 Å². The molecule has 5 nitrogen and oxygen atoms in total. The fraction of sp³-hybridized carbons (Fsp3) is 0.300. The number of fused-ring (bicyclic) bond motifs is 1. The first-order valence-electron chi connectivity index (χ1n) is 8.78. The average molecular weight is 334 g/mol. The molecule has 1 saturated heterocycles. The molecule has 0 atom stereocenters. The standard InChI is InChI=1S/C20H22N4O/c21-13-15-9-11-23(12-10-15)20(25)16-5-7-17(8-6-16)24-14-22-18-3-1-2-4-19(18)24/h1-8,14-15H,9-13,21H2. The molecular formula is C20H22N4O. The largest absolute Gasteiger partial charge is 0.339 e. The molecule has 1 aromatic heterocycles. The zero-order chi connectivity index (χ0) is 17.2. The lowest BCUT2D eigenvalue weighted by atomic mass is 9.96. The minimum absolute atomic E-state index is 0.109. The molecule has 3 aromatic rings. The summed E-state index contributed by atoms with van der Waals surface area (Å²) >= 11 is 0. The molecule has 0 aliphatic carbocycles. The van der Waals surface area contributed by atoms with E-state index in [9.17, 15) is 4.79 Å². The third-order valence-electron chi connectivity index (χ3n) is 5.08. The van der Waals surface area contributed by atoms with Gasteiger partial charge in [-0.3, -0.25) is 9.36 Å². The van der Waals surface area contributed by atoms with Gasteiger partial charge in [-0.25, -0.2) is 4.98 Å². The molecule has 0 spiro atoms. The Labute approximate surface area is 147 Å². The minimum atomic E-state index is 0.109. The van der Waals surface area contributed by atoms with Gasteiger partial charge in [0.05, 0.1) is 11.0 Å². The van der Waals surface area contributed by atoms with Crippen LogP contribution in [-0.4, -0.2) is 40.0 Å². The van der Waals surface area contributed by atoms with E-state index in [1.807, 2.05) is 64.3 Å². The molecular weight excluding hydrogens is 312 g/mol. The molecule has 0 bridgehead atoms. The van der Waals surface area contributed by atoms with E-state index in [0.29, 0.717) is 5.92 Å². The summed E-state index contributed by atoms with van der Waals surface area (Å²) in [6.45, 7) is 2.32. The number of carbonyl (C=O) groups is 1. The van der Waals surface area contributed by atoms with Crippen LogP contribution in [0, 0.1) is 5.92 Å². The van der Waals surface area contributed by atoms with Crippen LogP contribution >= 0.6 is 0 Å². The summed E-state index contributed by atoms with van der Waals surface area (Å²) in [6, 6.07) is 15.8. The number of aromatic nitrogens is 2. The lowest BCUT2D eigenvalue weighted by molar-refractivity contribution is 0.0693. The highest BCUT2D eigenvalue weighted by Gasteiger charge is 2.22. The van der Waals surface area contributed by atoms with Gasteiger partial charge in [0.25, 0.3) is 5.91 Å². The predicted octanol–water partition coefficient (Wildman–Crippen LogP) is 2.84. The molecule has 2 aromatic carbocycles. The molecule has 25 heavy (non-hydrogen) atoms. The van der Waals surface area contributed by atoms with Gasteiger partial charge in [0.1, 0.15) is 6.33 Å². The maximum absolute atomic E-state index is 12.7. The minimum Gasteiger partial charge on any atom is -0.339 e. The van der Waals surface area contributed by atoms with Crippen molar-refractivity contribution in [2.45, 2.75) is 12.8 Å². The topological polar surface area (TPSA) is 64.2 Å². The number of para-hydroxylation sites is 2. The molecule has 4 rings (SSSR count). The summed E-state index contributed by atoms with van der Waals surface area (Å²) in [5.41, 5.74) is 9.49. The monoisotopic (exact) mass is 334 g/mol. The van der Waals surface area contributed by atoms with Gasteiger partial charge in [0, 0.05) is 24.3 Å². The van der Waals surface area contributed by atoms with Crippen molar-refractivity contribution in [1.29, 1.82) is 0 Å². The summed E-state index contributed by atoms with van der Waals surface area (Å²) in [5, 5.41) is 0. The lowest BCUT2D eigenvalue weighted by Gasteiger charge is -2.31. The summed E-state index contributed by atoms with van der Waals surface area (Å²) in [4.78, 5) is 19.0. The van der Waals surface area contributed by atoms with Crippen LogP contribution in [0.3, 0.4) is 0 Å². The Hall–Kier alpha value is -2.66. The van der Waals surface area contributed by atoms with Crippen LogP contribution in [0.4, 0.5) is 0 Å². The highest BCUT2D eigenvalue weighted by molar-refractivity contribution is 5.94. The van der Waals surface area contributed by atoms with Gasteiger partial charge in [0.2, 0.25) is 0 Å². The van der Waals surface area contributed by atoms with Crippen LogP contribution in [0.1, 0.15) is 23.2 Å². The number of amides is 1. The van der Waals surface area contributed by atoms with Gasteiger partial charge in [-0.2, -0.15) is 0 Å². The Morgan fingerprint density at radius 2 is 1.80 bits per heavy atom. The van der Waals surface area contributed by atoms with Crippen LogP contribution in [0.25, 0.3) is 16.7 Å². The average Bonchev–Trinajstić information content (AvgIpc) is 3.12. The Balaban J connectivity index is 1.53. The van der Waals surface area contributed by atoms with Crippen molar-refractivity contribution in [2.75, 3.05) is 19.6 Å². The van der Waals surface area contributed by atoms with Crippen molar-refractivity contribution < 1.29 is 4.79 Å². The fourth-order valence-electron chi connectivity index (χ4n) is 3.48. The van der Waals surface area contributed by atoms with E-state index in [2.05, 4.69) is 4.98 Å². The Kier molecular flexibility index (Phi) is 4.24. The predicted molar refractivity (Wildman–Crippen MR) is 98.8 cm³/mol. The number of nitrogens with two attached hydrogens (primary N) is 1. The van der Waals surface area contributed by atoms with E-state index >= 15 is 0 Å². The lowest BCUT2D eigenvalue weighted by Crippen LogP contribution is -2.40. The molecule has 1 aliphatic heterocycles.